The van der Waals surface area contributed by atoms with E-state index in [2.05, 4.69) is 21.9 Å². The Hall–Kier alpha value is -2.82. The highest BCUT2D eigenvalue weighted by Gasteiger charge is 2.02. The minimum Gasteiger partial charge on any atom is -0.489 e. The average Bonchev–Trinajstić information content (AvgIpc) is 2.60. The van der Waals surface area contributed by atoms with E-state index in [1.165, 1.54) is 0 Å². The Bertz CT molecular complexity index is 640. The van der Waals surface area contributed by atoms with Crippen molar-refractivity contribution in [2.24, 2.45) is 10.7 Å². The maximum atomic E-state index is 5.90. The summed E-state index contributed by atoms with van der Waals surface area (Å²) in [4.78, 5) is 8.62. The van der Waals surface area contributed by atoms with Gasteiger partial charge in [0.25, 0.3) is 0 Å². The third-order valence-electron chi connectivity index (χ3n) is 3.16. The number of hydrogen-bond donors (Lipinski definition) is 2. The van der Waals surface area contributed by atoms with Crippen LogP contribution in [-0.2, 0) is 13.0 Å². The van der Waals surface area contributed by atoms with Gasteiger partial charge < -0.3 is 15.8 Å². The van der Waals surface area contributed by atoms with Crippen molar-refractivity contribution < 1.29 is 4.74 Å². The summed E-state index contributed by atoms with van der Waals surface area (Å²) in [6.45, 7) is 5.28. The standard InChI is InChI=1S/C18H22N4O/c1-2-13-23-17-9-4-3-7-15(17)14-22-18(19)21-12-10-16-8-5-6-11-20-16/h2-9,11H,1,10,12-14H2,(H3,19,21,22). The van der Waals surface area contributed by atoms with Gasteiger partial charge in [-0.1, -0.05) is 36.9 Å². The summed E-state index contributed by atoms with van der Waals surface area (Å²) < 4.78 is 5.60. The van der Waals surface area contributed by atoms with E-state index < -0.39 is 0 Å². The number of aromatic nitrogens is 1. The summed E-state index contributed by atoms with van der Waals surface area (Å²) in [5.41, 5.74) is 7.91. The van der Waals surface area contributed by atoms with Crippen LogP contribution in [0.2, 0.25) is 0 Å². The molecule has 0 saturated heterocycles. The number of aliphatic imine (C=N–C) groups is 1. The van der Waals surface area contributed by atoms with Gasteiger partial charge in [-0.25, -0.2) is 4.99 Å². The zero-order chi connectivity index (χ0) is 16.3. The van der Waals surface area contributed by atoms with Gasteiger partial charge in [0.2, 0.25) is 0 Å². The van der Waals surface area contributed by atoms with Crippen LogP contribution in [0.15, 0.2) is 66.3 Å². The molecule has 0 aliphatic heterocycles. The lowest BCUT2D eigenvalue weighted by molar-refractivity contribution is 0.359. The van der Waals surface area contributed by atoms with Gasteiger partial charge in [-0.15, -0.1) is 0 Å². The van der Waals surface area contributed by atoms with E-state index in [-0.39, 0.29) is 0 Å². The highest BCUT2D eigenvalue weighted by atomic mass is 16.5. The van der Waals surface area contributed by atoms with E-state index in [4.69, 9.17) is 10.5 Å². The van der Waals surface area contributed by atoms with Crippen molar-refractivity contribution in [1.29, 1.82) is 0 Å². The third kappa shape index (κ3) is 5.82. The smallest absolute Gasteiger partial charge is 0.188 e. The van der Waals surface area contributed by atoms with Gasteiger partial charge in [0.15, 0.2) is 5.96 Å². The van der Waals surface area contributed by atoms with E-state index >= 15 is 0 Å². The Labute approximate surface area is 136 Å². The van der Waals surface area contributed by atoms with E-state index in [1.807, 2.05) is 42.5 Å². The Morgan fingerprint density at radius 2 is 2.09 bits per heavy atom. The average molecular weight is 310 g/mol. The largest absolute Gasteiger partial charge is 0.489 e. The van der Waals surface area contributed by atoms with Gasteiger partial charge in [0, 0.05) is 30.4 Å². The lowest BCUT2D eigenvalue weighted by Gasteiger charge is -2.09. The molecule has 1 aromatic heterocycles. The van der Waals surface area contributed by atoms with Gasteiger partial charge in [0.1, 0.15) is 12.4 Å². The molecule has 0 radical (unpaired) electrons. The minimum atomic E-state index is 0.416. The highest BCUT2D eigenvalue weighted by molar-refractivity contribution is 5.77. The van der Waals surface area contributed by atoms with Gasteiger partial charge in [-0.3, -0.25) is 4.98 Å². The summed E-state index contributed by atoms with van der Waals surface area (Å²) in [6.07, 6.45) is 4.30. The van der Waals surface area contributed by atoms with Crippen molar-refractivity contribution in [2.75, 3.05) is 13.2 Å². The first kappa shape index (κ1) is 16.5. The van der Waals surface area contributed by atoms with Crippen molar-refractivity contribution in [1.82, 2.24) is 10.3 Å². The number of benzene rings is 1. The Morgan fingerprint density at radius 1 is 1.26 bits per heavy atom. The summed E-state index contributed by atoms with van der Waals surface area (Å²) >= 11 is 0. The number of hydrogen-bond acceptors (Lipinski definition) is 3. The minimum absolute atomic E-state index is 0.416. The lowest BCUT2D eigenvalue weighted by atomic mass is 10.2. The number of para-hydroxylation sites is 1. The molecule has 5 nitrogen and oxygen atoms in total. The van der Waals surface area contributed by atoms with Crippen LogP contribution in [0, 0.1) is 0 Å². The normalized spacial score (nSPS) is 11.0. The number of nitrogens with two attached hydrogens (primary N) is 1. The van der Waals surface area contributed by atoms with Gasteiger partial charge >= 0.3 is 0 Å². The molecule has 0 saturated carbocycles. The lowest BCUT2D eigenvalue weighted by Crippen LogP contribution is -2.33. The summed E-state index contributed by atoms with van der Waals surface area (Å²) in [6, 6.07) is 13.6. The van der Waals surface area contributed by atoms with Gasteiger partial charge in [-0.05, 0) is 18.2 Å². The van der Waals surface area contributed by atoms with Crippen LogP contribution in [0.1, 0.15) is 11.3 Å². The Morgan fingerprint density at radius 3 is 2.87 bits per heavy atom. The Kier molecular flexibility index (Phi) is 6.65. The number of nitrogens with one attached hydrogen (secondary N) is 1. The molecule has 3 N–H and O–H groups in total. The second kappa shape index (κ2) is 9.25. The fraction of sp³-hybridized carbons (Fsp3) is 0.222. The van der Waals surface area contributed by atoms with Crippen LogP contribution in [0.3, 0.4) is 0 Å². The molecular weight excluding hydrogens is 288 g/mol. The monoisotopic (exact) mass is 310 g/mol. The summed E-state index contributed by atoms with van der Waals surface area (Å²) in [5, 5.41) is 3.09. The van der Waals surface area contributed by atoms with Crippen molar-refractivity contribution in [2.45, 2.75) is 13.0 Å². The fourth-order valence-electron chi connectivity index (χ4n) is 2.01. The molecule has 1 aromatic carbocycles. The topological polar surface area (TPSA) is 72.5 Å². The number of rotatable bonds is 8. The zero-order valence-electron chi connectivity index (χ0n) is 13.1. The first-order valence-corrected chi connectivity index (χ1v) is 7.55. The molecule has 0 fully saturated rings. The number of pyridine rings is 1. The van der Waals surface area contributed by atoms with Crippen LogP contribution >= 0.6 is 0 Å². The van der Waals surface area contributed by atoms with E-state index in [0.717, 1.165) is 23.4 Å². The number of nitrogens with zero attached hydrogens (tertiary/aromatic N) is 2. The predicted octanol–water partition coefficient (Wildman–Crippen LogP) is 2.29. The molecule has 1 heterocycles. The summed E-state index contributed by atoms with van der Waals surface area (Å²) in [5.74, 6) is 1.22. The van der Waals surface area contributed by atoms with E-state index in [9.17, 15) is 0 Å². The third-order valence-corrected chi connectivity index (χ3v) is 3.16. The van der Waals surface area contributed by atoms with E-state index in [1.54, 1.807) is 12.3 Å². The van der Waals surface area contributed by atoms with Crippen LogP contribution in [0.25, 0.3) is 0 Å². The molecule has 0 atom stereocenters. The molecular formula is C18H22N4O. The van der Waals surface area contributed by atoms with E-state index in [0.29, 0.717) is 25.7 Å². The first-order chi connectivity index (χ1) is 11.3. The molecule has 0 aliphatic rings. The fourth-order valence-corrected chi connectivity index (χ4v) is 2.01. The molecule has 2 rings (SSSR count). The Balaban J connectivity index is 1.83. The molecule has 0 unspecified atom stereocenters. The second-order valence-corrected chi connectivity index (χ2v) is 4.91. The quantitative estimate of drug-likeness (QED) is 0.446. The molecule has 0 amide bonds. The van der Waals surface area contributed by atoms with Crippen LogP contribution < -0.4 is 15.8 Å². The van der Waals surface area contributed by atoms with Crippen LogP contribution in [0.4, 0.5) is 0 Å². The maximum absolute atomic E-state index is 5.90. The molecule has 0 bridgehead atoms. The molecule has 23 heavy (non-hydrogen) atoms. The summed E-state index contributed by atoms with van der Waals surface area (Å²) in [7, 11) is 0. The maximum Gasteiger partial charge on any atom is 0.188 e. The number of ether oxygens (including phenoxy) is 1. The van der Waals surface area contributed by atoms with Crippen molar-refractivity contribution in [3.8, 4) is 5.75 Å². The second-order valence-electron chi connectivity index (χ2n) is 4.91. The van der Waals surface area contributed by atoms with Crippen molar-refractivity contribution >= 4 is 5.96 Å². The van der Waals surface area contributed by atoms with Crippen LogP contribution in [0.5, 0.6) is 5.75 Å². The SMILES string of the molecule is C=CCOc1ccccc1CN=C(N)NCCc1ccccn1. The van der Waals surface area contributed by atoms with Gasteiger partial charge in [0.05, 0.1) is 6.54 Å². The van der Waals surface area contributed by atoms with Crippen molar-refractivity contribution in [3.05, 3.63) is 72.6 Å². The zero-order valence-corrected chi connectivity index (χ0v) is 13.1. The molecule has 120 valence electrons. The molecule has 0 spiro atoms. The number of guanidine groups is 1. The molecule has 5 heteroatoms. The van der Waals surface area contributed by atoms with Gasteiger partial charge in [-0.2, -0.15) is 0 Å². The van der Waals surface area contributed by atoms with Crippen molar-refractivity contribution in [3.63, 3.8) is 0 Å². The highest BCUT2D eigenvalue weighted by Crippen LogP contribution is 2.18. The molecule has 2 aromatic rings. The molecule has 0 aliphatic carbocycles. The van der Waals surface area contributed by atoms with Crippen LogP contribution in [-0.4, -0.2) is 24.1 Å². The first-order valence-electron chi connectivity index (χ1n) is 7.55. The predicted molar refractivity (Wildman–Crippen MR) is 93.4 cm³/mol.